The van der Waals surface area contributed by atoms with E-state index in [0.717, 1.165) is 44.7 Å². The molecule has 1 aromatic rings. The van der Waals surface area contributed by atoms with Crippen LogP contribution in [0, 0.1) is 26.2 Å². The molecule has 0 N–H and O–H groups in total. The highest BCUT2D eigenvalue weighted by Crippen LogP contribution is 2.25. The van der Waals surface area contributed by atoms with E-state index in [4.69, 9.17) is 25.4 Å². The number of allylic oxidation sites excluding steroid dienone is 3. The molecule has 0 radical (unpaired) electrons. The van der Waals surface area contributed by atoms with Gasteiger partial charge >= 0.3 is 0 Å². The Labute approximate surface area is 213 Å². The van der Waals surface area contributed by atoms with E-state index < -0.39 is 0 Å². The van der Waals surface area contributed by atoms with Gasteiger partial charge in [-0.1, -0.05) is 11.5 Å². The number of methoxy groups -OCH3 is 4. The Morgan fingerprint density at radius 1 is 0.857 bits per heavy atom. The molecule has 0 aliphatic carbocycles. The number of terminal acetylenes is 1. The molecule has 0 unspecified atom stereocenters. The van der Waals surface area contributed by atoms with Crippen molar-refractivity contribution >= 4 is 5.69 Å². The summed E-state index contributed by atoms with van der Waals surface area (Å²) in [5.74, 6) is 2.69. The van der Waals surface area contributed by atoms with Crippen molar-refractivity contribution in [1.82, 2.24) is 4.90 Å². The summed E-state index contributed by atoms with van der Waals surface area (Å²) in [4.78, 5) is 4.55. The molecule has 35 heavy (non-hydrogen) atoms. The first-order valence-electron chi connectivity index (χ1n) is 12.3. The molecule has 6 heteroatoms. The topological polar surface area (TPSA) is 43.4 Å². The molecular formula is C29H46N2O4. The van der Waals surface area contributed by atoms with Crippen LogP contribution in [0.4, 0.5) is 5.69 Å². The number of nitrogens with zero attached hydrogens (tertiary/aromatic N) is 2. The van der Waals surface area contributed by atoms with Gasteiger partial charge in [-0.2, -0.15) is 0 Å². The van der Waals surface area contributed by atoms with Gasteiger partial charge in [-0.15, -0.1) is 6.42 Å². The van der Waals surface area contributed by atoms with Crippen LogP contribution in [0.15, 0.2) is 35.6 Å². The first-order valence-corrected chi connectivity index (χ1v) is 12.3. The molecule has 6 nitrogen and oxygen atoms in total. The molecule has 1 aromatic carbocycles. The molecule has 0 bridgehead atoms. The van der Waals surface area contributed by atoms with Crippen molar-refractivity contribution in [2.24, 2.45) is 0 Å². The van der Waals surface area contributed by atoms with Gasteiger partial charge in [-0.3, -0.25) is 0 Å². The number of rotatable bonds is 18. The number of hydrogen-bond donors (Lipinski definition) is 0. The zero-order valence-corrected chi connectivity index (χ0v) is 23.0. The Bertz CT molecular complexity index is 803. The Balaban J connectivity index is 3.01. The minimum atomic E-state index is 0.634. The van der Waals surface area contributed by atoms with Gasteiger partial charge in [0.05, 0.1) is 26.4 Å². The normalized spacial score (nSPS) is 12.1. The number of anilines is 1. The third kappa shape index (κ3) is 11.3. The van der Waals surface area contributed by atoms with Crippen molar-refractivity contribution in [2.45, 2.75) is 33.6 Å². The van der Waals surface area contributed by atoms with E-state index in [9.17, 15) is 0 Å². The van der Waals surface area contributed by atoms with Crippen LogP contribution in [0.3, 0.4) is 0 Å². The maximum Gasteiger partial charge on any atom is 0.0637 e. The van der Waals surface area contributed by atoms with Gasteiger partial charge in [0.2, 0.25) is 0 Å². The van der Waals surface area contributed by atoms with Gasteiger partial charge in [0.1, 0.15) is 0 Å². The second-order valence-corrected chi connectivity index (χ2v) is 8.73. The fourth-order valence-corrected chi connectivity index (χ4v) is 4.05. The van der Waals surface area contributed by atoms with Crippen molar-refractivity contribution in [3.05, 3.63) is 52.2 Å². The van der Waals surface area contributed by atoms with E-state index >= 15 is 0 Å². The summed E-state index contributed by atoms with van der Waals surface area (Å²) in [6, 6.07) is 4.57. The Morgan fingerprint density at radius 3 is 1.80 bits per heavy atom. The second kappa shape index (κ2) is 18.0. The molecular weight excluding hydrogens is 440 g/mol. The van der Waals surface area contributed by atoms with Gasteiger partial charge in [-0.05, 0) is 68.5 Å². The summed E-state index contributed by atoms with van der Waals surface area (Å²) < 4.78 is 21.2. The van der Waals surface area contributed by atoms with Crippen LogP contribution in [0.1, 0.15) is 30.0 Å². The van der Waals surface area contributed by atoms with Crippen molar-refractivity contribution in [2.75, 3.05) is 85.9 Å². The molecule has 0 fully saturated rings. The van der Waals surface area contributed by atoms with E-state index in [0.29, 0.717) is 26.4 Å². The number of benzene rings is 1. The van der Waals surface area contributed by atoms with Crippen LogP contribution >= 0.6 is 0 Å². The zero-order chi connectivity index (χ0) is 26.1. The van der Waals surface area contributed by atoms with Crippen LogP contribution < -0.4 is 4.90 Å². The average molecular weight is 487 g/mol. The van der Waals surface area contributed by atoms with Crippen LogP contribution in [-0.4, -0.2) is 85.9 Å². The highest BCUT2D eigenvalue weighted by Gasteiger charge is 2.12. The van der Waals surface area contributed by atoms with Crippen molar-refractivity contribution in [1.29, 1.82) is 0 Å². The van der Waals surface area contributed by atoms with Gasteiger partial charge in [-0.25, -0.2) is 0 Å². The second-order valence-electron chi connectivity index (χ2n) is 8.73. The molecule has 0 spiro atoms. The SMILES string of the molecule is C#C/C=C(\C=C(\C)CCc1c(C)cc(N(CCOC)CCOC)cc1C)N(CCOC)CCOC. The Hall–Kier alpha value is -2.30. The Kier molecular flexibility index (Phi) is 15.8. The molecule has 0 heterocycles. The summed E-state index contributed by atoms with van der Waals surface area (Å²) in [6.45, 7) is 12.4. The highest BCUT2D eigenvalue weighted by molar-refractivity contribution is 5.54. The van der Waals surface area contributed by atoms with Gasteiger partial charge in [0.25, 0.3) is 0 Å². The van der Waals surface area contributed by atoms with Gasteiger partial charge in [0.15, 0.2) is 0 Å². The van der Waals surface area contributed by atoms with E-state index in [1.807, 2.05) is 6.08 Å². The summed E-state index contributed by atoms with van der Waals surface area (Å²) in [5, 5.41) is 0. The minimum Gasteiger partial charge on any atom is -0.383 e. The maximum absolute atomic E-state index is 5.64. The third-order valence-corrected chi connectivity index (χ3v) is 6.07. The van der Waals surface area contributed by atoms with Crippen LogP contribution in [0.25, 0.3) is 0 Å². The number of hydrogen-bond acceptors (Lipinski definition) is 6. The quantitative estimate of drug-likeness (QED) is 0.226. The fourth-order valence-electron chi connectivity index (χ4n) is 4.05. The monoisotopic (exact) mass is 486 g/mol. The van der Waals surface area contributed by atoms with E-state index in [-0.39, 0.29) is 0 Å². The Morgan fingerprint density at radius 2 is 1.34 bits per heavy atom. The third-order valence-electron chi connectivity index (χ3n) is 6.07. The van der Waals surface area contributed by atoms with Crippen LogP contribution in [0.2, 0.25) is 0 Å². The summed E-state index contributed by atoms with van der Waals surface area (Å²) in [5.41, 5.74) is 7.56. The van der Waals surface area contributed by atoms with E-state index in [1.54, 1.807) is 28.4 Å². The molecule has 0 saturated carbocycles. The molecule has 0 saturated heterocycles. The molecule has 196 valence electrons. The van der Waals surface area contributed by atoms with Gasteiger partial charge < -0.3 is 28.7 Å². The fraction of sp³-hybridized carbons (Fsp3) is 0.586. The molecule has 1 rings (SSSR count). The van der Waals surface area contributed by atoms with Crippen molar-refractivity contribution in [3.8, 4) is 12.3 Å². The summed E-state index contributed by atoms with van der Waals surface area (Å²) in [7, 11) is 6.90. The molecule has 0 aromatic heterocycles. The lowest BCUT2D eigenvalue weighted by molar-refractivity contribution is 0.133. The maximum atomic E-state index is 5.64. The lowest BCUT2D eigenvalue weighted by Crippen LogP contribution is -2.30. The van der Waals surface area contributed by atoms with Crippen LogP contribution in [-0.2, 0) is 25.4 Å². The van der Waals surface area contributed by atoms with Gasteiger partial charge in [0, 0.05) is 72.1 Å². The lowest BCUT2D eigenvalue weighted by atomic mass is 9.95. The highest BCUT2D eigenvalue weighted by atomic mass is 16.5. The first kappa shape index (κ1) is 30.7. The summed E-state index contributed by atoms with van der Waals surface area (Å²) >= 11 is 0. The first-order chi connectivity index (χ1) is 16.9. The van der Waals surface area contributed by atoms with Crippen LogP contribution in [0.5, 0.6) is 0 Å². The summed E-state index contributed by atoms with van der Waals surface area (Å²) in [6.07, 6.45) is 11.6. The molecule has 0 aliphatic heterocycles. The molecule has 0 atom stereocenters. The molecule has 0 amide bonds. The average Bonchev–Trinajstić information content (AvgIpc) is 2.83. The zero-order valence-electron chi connectivity index (χ0n) is 23.0. The van der Waals surface area contributed by atoms with Crippen molar-refractivity contribution < 1.29 is 18.9 Å². The predicted molar refractivity (Wildman–Crippen MR) is 146 cm³/mol. The largest absolute Gasteiger partial charge is 0.383 e. The lowest BCUT2D eigenvalue weighted by Gasteiger charge is -2.26. The predicted octanol–water partition coefficient (Wildman–Crippen LogP) is 4.39. The van der Waals surface area contributed by atoms with Crippen molar-refractivity contribution in [3.63, 3.8) is 0 Å². The number of ether oxygens (including phenoxy) is 4. The number of aryl methyl sites for hydroxylation is 2. The smallest absolute Gasteiger partial charge is 0.0637 e. The standard InChI is InChI=1S/C29H46N2O4/c1-9-10-27(30(13-17-32-5)14-18-33-6)21-24(2)11-12-29-25(3)22-28(23-26(29)4)31(15-19-34-7)16-20-35-8/h1,10,21-23H,11-20H2,2-8H3/b24-21-,27-10+. The van der Waals surface area contributed by atoms with E-state index in [2.05, 4.69) is 54.7 Å². The minimum absolute atomic E-state index is 0.634. The molecule has 0 aliphatic rings. The van der Waals surface area contributed by atoms with E-state index in [1.165, 1.54) is 28.0 Å².